The van der Waals surface area contributed by atoms with Gasteiger partial charge >= 0.3 is 35.5 Å². The van der Waals surface area contributed by atoms with Gasteiger partial charge in [-0.15, -0.1) is 0 Å². The molecule has 38 heavy (non-hydrogen) atoms. The van der Waals surface area contributed by atoms with Crippen molar-refractivity contribution in [2.45, 2.75) is 23.7 Å². The van der Waals surface area contributed by atoms with Crippen LogP contribution in [0.4, 0.5) is 45.4 Å². The van der Waals surface area contributed by atoms with Gasteiger partial charge in [-0.3, -0.25) is 20.2 Å². The lowest BCUT2D eigenvalue weighted by Crippen LogP contribution is -2.67. The lowest BCUT2D eigenvalue weighted by atomic mass is 9.97. The number of hydrogen-bond donors (Lipinski definition) is 2. The van der Waals surface area contributed by atoms with Gasteiger partial charge < -0.3 is 0 Å². The molecule has 2 heterocycles. The van der Waals surface area contributed by atoms with E-state index >= 15 is 0 Å². The number of halogens is 10. The number of amides is 2. The second-order valence-electron chi connectivity index (χ2n) is 7.47. The molecular weight excluding hydrogens is 704 g/mol. The van der Waals surface area contributed by atoms with E-state index in [1.54, 1.807) is 0 Å². The number of hydrogen-bond acceptors (Lipinski definition) is 6. The lowest BCUT2D eigenvalue weighted by Gasteiger charge is -2.35. The van der Waals surface area contributed by atoms with E-state index in [-0.39, 0.29) is 11.0 Å². The number of nitrogens with one attached hydrogen (secondary N) is 2. The average Bonchev–Trinajstić information content (AvgIpc) is 3.40. The molecule has 6 nitrogen and oxygen atoms in total. The monoisotopic (exact) mass is 710 g/mol. The Morgan fingerprint density at radius 1 is 0.658 bits per heavy atom. The van der Waals surface area contributed by atoms with Crippen LogP contribution in [0.2, 0.25) is 0 Å². The van der Waals surface area contributed by atoms with Crippen LogP contribution in [0, 0.1) is 0 Å². The number of alkyl halides is 8. The third-order valence-electron chi connectivity index (χ3n) is 4.90. The van der Waals surface area contributed by atoms with Gasteiger partial charge in [0.1, 0.15) is 0 Å². The highest BCUT2D eigenvalue weighted by molar-refractivity contribution is 9.10. The SMILES string of the molecule is O=C(Nc1nc2ccc(Br)cc2s1)C(F)(F)C(F)(F)C(F)(F)C(F)(F)C(=O)Nc1nc2ccc(Br)cc2s1. The van der Waals surface area contributed by atoms with Gasteiger partial charge in [0.05, 0.1) is 20.4 Å². The molecule has 2 amide bonds. The Bertz CT molecular complexity index is 1460. The first-order valence-electron chi connectivity index (χ1n) is 9.74. The molecular formula is C20H8Br2F8N4O2S2. The summed E-state index contributed by atoms with van der Waals surface area (Å²) in [5.41, 5.74) is 0.277. The van der Waals surface area contributed by atoms with E-state index < -0.39 is 45.8 Å². The molecule has 202 valence electrons. The zero-order chi connectivity index (χ0) is 28.3. The molecule has 2 N–H and O–H groups in total. The molecule has 0 aliphatic carbocycles. The summed E-state index contributed by atoms with van der Waals surface area (Å²) in [6.45, 7) is 0. The van der Waals surface area contributed by atoms with Crippen LogP contribution in [0.3, 0.4) is 0 Å². The summed E-state index contributed by atoms with van der Waals surface area (Å²) < 4.78 is 116. The van der Waals surface area contributed by atoms with Gasteiger partial charge in [0.2, 0.25) is 0 Å². The number of rotatable bonds is 7. The molecule has 18 heteroatoms. The van der Waals surface area contributed by atoms with Crippen molar-refractivity contribution in [1.29, 1.82) is 0 Å². The van der Waals surface area contributed by atoms with Gasteiger partial charge in [0.15, 0.2) is 10.3 Å². The van der Waals surface area contributed by atoms with Gasteiger partial charge in [-0.25, -0.2) is 9.97 Å². The van der Waals surface area contributed by atoms with Crippen molar-refractivity contribution in [3.63, 3.8) is 0 Å². The van der Waals surface area contributed by atoms with E-state index in [2.05, 4.69) is 41.8 Å². The quantitative estimate of drug-likeness (QED) is 0.194. The molecule has 2 aromatic carbocycles. The first-order valence-corrected chi connectivity index (χ1v) is 13.0. The normalized spacial score (nSPS) is 13.2. The number of thiazole rings is 2. The molecule has 0 saturated carbocycles. The molecule has 0 aliphatic heterocycles. The first-order chi connectivity index (χ1) is 17.5. The second-order valence-corrected chi connectivity index (χ2v) is 11.4. The highest BCUT2D eigenvalue weighted by Gasteiger charge is 2.84. The van der Waals surface area contributed by atoms with Crippen molar-refractivity contribution >= 4 is 97.0 Å². The molecule has 0 unspecified atom stereocenters. The molecule has 0 radical (unpaired) electrons. The lowest BCUT2D eigenvalue weighted by molar-refractivity contribution is -0.345. The fourth-order valence-electron chi connectivity index (χ4n) is 2.93. The van der Waals surface area contributed by atoms with Crippen molar-refractivity contribution in [2.75, 3.05) is 10.6 Å². The molecule has 2 aromatic heterocycles. The van der Waals surface area contributed by atoms with Crippen LogP contribution < -0.4 is 10.6 Å². The molecule has 0 bridgehead atoms. The number of nitrogens with zero attached hydrogens (tertiary/aromatic N) is 2. The van der Waals surface area contributed by atoms with Crippen LogP contribution in [0.25, 0.3) is 20.4 Å². The third-order valence-corrected chi connectivity index (χ3v) is 7.75. The fourth-order valence-corrected chi connectivity index (χ4v) is 5.76. The molecule has 0 fully saturated rings. The standard InChI is InChI=1S/C20H8Br2F8N4O2S2/c21-7-1-3-9-11(5-7)37-15(31-9)33-13(35)17(23,24)19(27,28)20(29,30)18(25,26)14(36)34-16-32-10-4-2-8(22)6-12(10)38-16/h1-6H,(H,31,33,35)(H,32,34,36). The van der Waals surface area contributed by atoms with Crippen molar-refractivity contribution < 1.29 is 44.7 Å². The number of anilines is 2. The van der Waals surface area contributed by atoms with Crippen LogP contribution >= 0.6 is 54.5 Å². The van der Waals surface area contributed by atoms with E-state index in [4.69, 9.17) is 0 Å². The first kappa shape index (κ1) is 28.6. The smallest absolute Gasteiger partial charge is 0.296 e. The molecule has 0 spiro atoms. The van der Waals surface area contributed by atoms with Gasteiger partial charge in [-0.2, -0.15) is 35.1 Å². The van der Waals surface area contributed by atoms with Gasteiger partial charge in [0.25, 0.3) is 0 Å². The van der Waals surface area contributed by atoms with Crippen LogP contribution in [-0.2, 0) is 9.59 Å². The predicted octanol–water partition coefficient (Wildman–Crippen LogP) is 7.55. The van der Waals surface area contributed by atoms with Crippen molar-refractivity contribution in [3.05, 3.63) is 45.3 Å². The van der Waals surface area contributed by atoms with Gasteiger partial charge in [-0.1, -0.05) is 54.5 Å². The van der Waals surface area contributed by atoms with Crippen LogP contribution in [0.1, 0.15) is 0 Å². The zero-order valence-electron chi connectivity index (χ0n) is 17.8. The molecule has 0 aliphatic rings. The van der Waals surface area contributed by atoms with Crippen molar-refractivity contribution in [2.24, 2.45) is 0 Å². The predicted molar refractivity (Wildman–Crippen MR) is 132 cm³/mol. The zero-order valence-corrected chi connectivity index (χ0v) is 22.6. The van der Waals surface area contributed by atoms with E-state index in [9.17, 15) is 44.7 Å². The summed E-state index contributed by atoms with van der Waals surface area (Å²) in [5, 5.41) is 1.11. The Balaban J connectivity index is 1.57. The highest BCUT2D eigenvalue weighted by atomic mass is 79.9. The van der Waals surface area contributed by atoms with E-state index in [0.717, 1.165) is 0 Å². The summed E-state index contributed by atoms with van der Waals surface area (Å²) in [4.78, 5) is 31.2. The minimum atomic E-state index is -7.02. The summed E-state index contributed by atoms with van der Waals surface area (Å²) in [5.74, 6) is -32.9. The van der Waals surface area contributed by atoms with E-state index in [1.807, 2.05) is 0 Å². The molecule has 4 rings (SSSR count). The molecule has 4 aromatic rings. The Morgan fingerprint density at radius 2 is 1.00 bits per heavy atom. The Morgan fingerprint density at radius 3 is 1.34 bits per heavy atom. The average molecular weight is 712 g/mol. The minimum absolute atomic E-state index is 0.138. The van der Waals surface area contributed by atoms with Gasteiger partial charge in [0, 0.05) is 8.95 Å². The number of carbonyl (C=O) groups is 2. The molecule has 0 atom stereocenters. The fraction of sp³-hybridized carbons (Fsp3) is 0.200. The van der Waals surface area contributed by atoms with E-state index in [0.29, 0.717) is 41.0 Å². The maximum Gasteiger partial charge on any atom is 0.393 e. The maximum atomic E-state index is 14.3. The van der Waals surface area contributed by atoms with Crippen LogP contribution in [0.5, 0.6) is 0 Å². The Hall–Kier alpha value is -2.44. The maximum absolute atomic E-state index is 14.3. The van der Waals surface area contributed by atoms with Crippen LogP contribution in [0.15, 0.2) is 45.3 Å². The molecule has 0 saturated heterocycles. The number of aromatic nitrogens is 2. The van der Waals surface area contributed by atoms with Crippen molar-refractivity contribution in [3.8, 4) is 0 Å². The number of fused-ring (bicyclic) bond motifs is 2. The Labute approximate surface area is 230 Å². The summed E-state index contributed by atoms with van der Waals surface area (Å²) >= 11 is 7.29. The topological polar surface area (TPSA) is 84.0 Å². The largest absolute Gasteiger partial charge is 0.393 e. The summed E-state index contributed by atoms with van der Waals surface area (Å²) in [6, 6.07) is 8.58. The van der Waals surface area contributed by atoms with E-state index in [1.165, 1.54) is 47.0 Å². The van der Waals surface area contributed by atoms with Crippen LogP contribution in [-0.4, -0.2) is 45.5 Å². The summed E-state index contributed by atoms with van der Waals surface area (Å²) in [7, 11) is 0. The number of benzene rings is 2. The number of carbonyl (C=O) groups excluding carboxylic acids is 2. The van der Waals surface area contributed by atoms with Crippen molar-refractivity contribution in [1.82, 2.24) is 9.97 Å². The highest BCUT2D eigenvalue weighted by Crippen LogP contribution is 2.53. The third kappa shape index (κ3) is 4.75. The summed E-state index contributed by atoms with van der Waals surface area (Å²) in [6.07, 6.45) is 0. The second kappa shape index (κ2) is 9.63. The Kier molecular flexibility index (Phi) is 7.24. The minimum Gasteiger partial charge on any atom is -0.296 e. The van der Waals surface area contributed by atoms with Gasteiger partial charge in [-0.05, 0) is 36.4 Å².